The van der Waals surface area contributed by atoms with Gasteiger partial charge in [0.1, 0.15) is 4.64 Å². The van der Waals surface area contributed by atoms with E-state index >= 15 is 0 Å². The maximum absolute atomic E-state index is 5.63. The maximum Gasteiger partial charge on any atom is 0.154 e. The van der Waals surface area contributed by atoms with E-state index in [1.54, 1.807) is 0 Å². The third kappa shape index (κ3) is 1.48. The second-order valence-corrected chi connectivity index (χ2v) is 5.97. The van der Waals surface area contributed by atoms with Crippen molar-refractivity contribution in [3.63, 3.8) is 0 Å². The van der Waals surface area contributed by atoms with Gasteiger partial charge in [-0.15, -0.1) is 0 Å². The molecule has 0 aliphatic heterocycles. The van der Waals surface area contributed by atoms with Crippen LogP contribution in [0.1, 0.15) is 55.0 Å². The molecule has 0 atom stereocenters. The topological polar surface area (TPSA) is 33.1 Å². The van der Waals surface area contributed by atoms with Crippen LogP contribution in [0.25, 0.3) is 5.65 Å². The van der Waals surface area contributed by atoms with Gasteiger partial charge in [0.05, 0.1) is 0 Å². The minimum atomic E-state index is 0.707. The van der Waals surface area contributed by atoms with Gasteiger partial charge < -0.3 is 0 Å². The normalized spacial score (nSPS) is 19.8. The standard InChI is InChI=1S/C14H17N3S/c18-14-10-6-1-2-7-11(10)15-13-8-12(16-17(13)14)9-4-3-5-9/h8-9,16H,1-7H2. The molecule has 2 aromatic heterocycles. The van der Waals surface area contributed by atoms with Crippen LogP contribution in [0.3, 0.4) is 0 Å². The summed E-state index contributed by atoms with van der Waals surface area (Å²) in [6.07, 6.45) is 8.67. The molecule has 2 aliphatic carbocycles. The summed E-state index contributed by atoms with van der Waals surface area (Å²) >= 11 is 5.63. The first-order valence-electron chi connectivity index (χ1n) is 6.96. The monoisotopic (exact) mass is 259 g/mol. The van der Waals surface area contributed by atoms with Crippen molar-refractivity contribution < 1.29 is 0 Å². The van der Waals surface area contributed by atoms with Gasteiger partial charge in [-0.3, -0.25) is 5.10 Å². The number of nitrogens with zero attached hydrogens (tertiary/aromatic N) is 2. The molecule has 0 radical (unpaired) electrons. The van der Waals surface area contributed by atoms with Gasteiger partial charge >= 0.3 is 0 Å². The quantitative estimate of drug-likeness (QED) is 0.795. The molecule has 0 bridgehead atoms. The summed E-state index contributed by atoms with van der Waals surface area (Å²) in [5, 5.41) is 3.47. The Labute approximate surface area is 111 Å². The average Bonchev–Trinajstić information content (AvgIpc) is 2.71. The Balaban J connectivity index is 1.92. The molecule has 0 saturated heterocycles. The molecule has 4 rings (SSSR count). The van der Waals surface area contributed by atoms with Crippen LogP contribution in [0.4, 0.5) is 0 Å². The van der Waals surface area contributed by atoms with Crippen LogP contribution in [0, 0.1) is 4.64 Å². The van der Waals surface area contributed by atoms with Gasteiger partial charge in [0, 0.05) is 28.9 Å². The molecule has 0 spiro atoms. The van der Waals surface area contributed by atoms with Gasteiger partial charge in [-0.25, -0.2) is 9.50 Å². The molecule has 1 fully saturated rings. The lowest BCUT2D eigenvalue weighted by molar-refractivity contribution is 0.409. The second-order valence-electron chi connectivity index (χ2n) is 5.58. The number of hydrogen-bond acceptors (Lipinski definition) is 2. The molecule has 0 aromatic carbocycles. The van der Waals surface area contributed by atoms with E-state index < -0.39 is 0 Å². The minimum absolute atomic E-state index is 0.707. The van der Waals surface area contributed by atoms with Crippen LogP contribution in [-0.4, -0.2) is 14.6 Å². The van der Waals surface area contributed by atoms with Crippen molar-refractivity contribution in [2.24, 2.45) is 0 Å². The van der Waals surface area contributed by atoms with Crippen molar-refractivity contribution in [3.8, 4) is 0 Å². The van der Waals surface area contributed by atoms with E-state index in [0.29, 0.717) is 5.92 Å². The highest BCUT2D eigenvalue weighted by Crippen LogP contribution is 2.36. The molecule has 2 aromatic rings. The number of aryl methyl sites for hydroxylation is 1. The van der Waals surface area contributed by atoms with E-state index in [0.717, 1.165) is 23.1 Å². The Morgan fingerprint density at radius 2 is 2.06 bits per heavy atom. The molecule has 1 saturated carbocycles. The SMILES string of the molecule is S=c1c2c(nc3cc(C4CCC4)[nH]n13)CCCC2. The van der Waals surface area contributed by atoms with Crippen LogP contribution in [0.15, 0.2) is 6.07 Å². The molecule has 94 valence electrons. The summed E-state index contributed by atoms with van der Waals surface area (Å²) in [6, 6.07) is 2.20. The minimum Gasteiger partial charge on any atom is -0.295 e. The van der Waals surface area contributed by atoms with E-state index in [2.05, 4.69) is 11.2 Å². The number of hydrogen-bond donors (Lipinski definition) is 1. The van der Waals surface area contributed by atoms with Gasteiger partial charge in [-0.2, -0.15) is 0 Å². The highest BCUT2D eigenvalue weighted by Gasteiger charge is 2.23. The Morgan fingerprint density at radius 3 is 2.83 bits per heavy atom. The van der Waals surface area contributed by atoms with Gasteiger partial charge in [-0.05, 0) is 38.5 Å². The molecule has 0 unspecified atom stereocenters. The summed E-state index contributed by atoms with van der Waals surface area (Å²) in [6.45, 7) is 0. The number of H-pyrrole nitrogens is 1. The van der Waals surface area contributed by atoms with Crippen LogP contribution < -0.4 is 0 Å². The van der Waals surface area contributed by atoms with Crippen molar-refractivity contribution in [3.05, 3.63) is 27.7 Å². The summed E-state index contributed by atoms with van der Waals surface area (Å²) in [7, 11) is 0. The Morgan fingerprint density at radius 1 is 1.22 bits per heavy atom. The fraction of sp³-hybridized carbons (Fsp3) is 0.571. The van der Waals surface area contributed by atoms with E-state index in [9.17, 15) is 0 Å². The van der Waals surface area contributed by atoms with Gasteiger partial charge in [0.25, 0.3) is 0 Å². The van der Waals surface area contributed by atoms with Crippen molar-refractivity contribution in [1.82, 2.24) is 14.6 Å². The van der Waals surface area contributed by atoms with E-state index in [1.807, 2.05) is 4.52 Å². The number of nitrogens with one attached hydrogen (secondary N) is 1. The number of aromatic amines is 1. The molecule has 1 N–H and O–H groups in total. The van der Waals surface area contributed by atoms with Crippen molar-refractivity contribution >= 4 is 17.9 Å². The average molecular weight is 259 g/mol. The Hall–Kier alpha value is -1.16. The molecular formula is C14H17N3S. The van der Waals surface area contributed by atoms with Crippen molar-refractivity contribution in [2.75, 3.05) is 0 Å². The largest absolute Gasteiger partial charge is 0.295 e. The lowest BCUT2D eigenvalue weighted by Gasteiger charge is -2.23. The summed E-state index contributed by atoms with van der Waals surface area (Å²) in [5.74, 6) is 0.707. The van der Waals surface area contributed by atoms with E-state index in [4.69, 9.17) is 17.2 Å². The predicted molar refractivity (Wildman–Crippen MR) is 73.6 cm³/mol. The zero-order chi connectivity index (χ0) is 12.1. The lowest BCUT2D eigenvalue weighted by Crippen LogP contribution is -2.11. The van der Waals surface area contributed by atoms with Crippen LogP contribution in [0.5, 0.6) is 0 Å². The van der Waals surface area contributed by atoms with Crippen LogP contribution >= 0.6 is 12.2 Å². The lowest BCUT2D eigenvalue weighted by atomic mass is 9.83. The number of fused-ring (bicyclic) bond motifs is 2. The predicted octanol–water partition coefficient (Wildman–Crippen LogP) is 3.54. The summed E-state index contributed by atoms with van der Waals surface area (Å²) in [5.41, 5.74) is 4.88. The zero-order valence-electron chi connectivity index (χ0n) is 10.4. The zero-order valence-corrected chi connectivity index (χ0v) is 11.2. The number of aromatic nitrogens is 3. The van der Waals surface area contributed by atoms with Gasteiger partial charge in [-0.1, -0.05) is 18.6 Å². The maximum atomic E-state index is 5.63. The van der Waals surface area contributed by atoms with Gasteiger partial charge in [0.2, 0.25) is 0 Å². The van der Waals surface area contributed by atoms with Crippen LogP contribution in [0.2, 0.25) is 0 Å². The molecule has 2 heterocycles. The first-order valence-corrected chi connectivity index (χ1v) is 7.37. The van der Waals surface area contributed by atoms with Gasteiger partial charge in [0.15, 0.2) is 5.65 Å². The molecule has 0 amide bonds. The Bertz CT molecular complexity index is 663. The highest BCUT2D eigenvalue weighted by molar-refractivity contribution is 7.71. The number of rotatable bonds is 1. The molecule has 18 heavy (non-hydrogen) atoms. The van der Waals surface area contributed by atoms with E-state index in [-0.39, 0.29) is 0 Å². The van der Waals surface area contributed by atoms with Crippen molar-refractivity contribution in [2.45, 2.75) is 50.9 Å². The van der Waals surface area contributed by atoms with Crippen LogP contribution in [-0.2, 0) is 12.8 Å². The fourth-order valence-corrected chi connectivity index (χ4v) is 3.46. The smallest absolute Gasteiger partial charge is 0.154 e. The summed E-state index contributed by atoms with van der Waals surface area (Å²) in [4.78, 5) is 4.80. The first kappa shape index (κ1) is 10.7. The third-order valence-electron chi connectivity index (χ3n) is 4.45. The molecule has 2 aliphatic rings. The molecule has 3 nitrogen and oxygen atoms in total. The third-order valence-corrected chi connectivity index (χ3v) is 4.88. The molecule has 4 heteroatoms. The van der Waals surface area contributed by atoms with E-state index in [1.165, 1.54) is 49.1 Å². The molecular weight excluding hydrogens is 242 g/mol. The first-order chi connectivity index (χ1) is 8.83. The fourth-order valence-electron chi connectivity index (χ4n) is 3.10. The summed E-state index contributed by atoms with van der Waals surface area (Å²) < 4.78 is 2.98. The Kier molecular flexibility index (Phi) is 2.34. The highest BCUT2D eigenvalue weighted by atomic mass is 32.1. The second kappa shape index (κ2) is 3.92. The van der Waals surface area contributed by atoms with Crippen molar-refractivity contribution in [1.29, 1.82) is 0 Å².